The highest BCUT2D eigenvalue weighted by Gasteiger charge is 1.99. The molecule has 5 heteroatoms. The van der Waals surface area contributed by atoms with Crippen LogP contribution in [0.3, 0.4) is 0 Å². The predicted molar refractivity (Wildman–Crippen MR) is 92.5 cm³/mol. The summed E-state index contributed by atoms with van der Waals surface area (Å²) in [6.45, 7) is 4.75. The van der Waals surface area contributed by atoms with Gasteiger partial charge in [0.2, 0.25) is 0 Å². The molecule has 0 radical (unpaired) electrons. The average Bonchev–Trinajstić information content (AvgIpc) is 2.56. The molecular weight excluding hydrogens is 290 g/mol. The molecule has 0 bridgehead atoms. The van der Waals surface area contributed by atoms with Gasteiger partial charge < -0.3 is 26.2 Å². The van der Waals surface area contributed by atoms with Crippen LogP contribution < -0.4 is 16.0 Å². The molecule has 0 spiro atoms. The van der Waals surface area contributed by atoms with Crippen molar-refractivity contribution in [2.45, 2.75) is 13.1 Å². The van der Waals surface area contributed by atoms with Crippen LogP contribution in [-0.4, -0.2) is 36.4 Å². The fraction of sp³-hybridized carbons (Fsp3) is 0.333. The van der Waals surface area contributed by atoms with Crippen LogP contribution in [0.25, 0.3) is 0 Å². The Hall–Kier alpha value is -2.08. The van der Waals surface area contributed by atoms with Crippen LogP contribution in [-0.2, 0) is 13.1 Å². The van der Waals surface area contributed by atoms with Gasteiger partial charge in [0.25, 0.3) is 0 Å². The third-order valence-corrected chi connectivity index (χ3v) is 3.57. The Morgan fingerprint density at radius 3 is 1.39 bits per heavy atom. The first kappa shape index (κ1) is 17.3. The van der Waals surface area contributed by atoms with Gasteiger partial charge in [-0.2, -0.15) is 0 Å². The summed E-state index contributed by atoms with van der Waals surface area (Å²) < 4.78 is 0. The summed E-state index contributed by atoms with van der Waals surface area (Å²) >= 11 is 0. The van der Waals surface area contributed by atoms with Gasteiger partial charge in [0.15, 0.2) is 0 Å². The van der Waals surface area contributed by atoms with Crippen molar-refractivity contribution < 1.29 is 10.2 Å². The minimum Gasteiger partial charge on any atom is -0.508 e. The minimum atomic E-state index is 0.335. The van der Waals surface area contributed by atoms with Gasteiger partial charge in [-0.25, -0.2) is 0 Å². The van der Waals surface area contributed by atoms with Gasteiger partial charge in [-0.3, -0.25) is 0 Å². The van der Waals surface area contributed by atoms with Gasteiger partial charge in [-0.05, 0) is 12.1 Å². The number of para-hydroxylation sites is 2. The van der Waals surface area contributed by atoms with Crippen molar-refractivity contribution in [3.63, 3.8) is 0 Å². The summed E-state index contributed by atoms with van der Waals surface area (Å²) in [4.78, 5) is 0. The van der Waals surface area contributed by atoms with E-state index in [1.807, 2.05) is 36.4 Å². The van der Waals surface area contributed by atoms with Crippen molar-refractivity contribution in [1.82, 2.24) is 16.0 Å². The van der Waals surface area contributed by atoms with E-state index in [2.05, 4.69) is 16.0 Å². The molecule has 0 saturated heterocycles. The van der Waals surface area contributed by atoms with Gasteiger partial charge in [0, 0.05) is 50.4 Å². The summed E-state index contributed by atoms with van der Waals surface area (Å²) in [5, 5.41) is 29.2. The van der Waals surface area contributed by atoms with E-state index in [1.54, 1.807) is 12.1 Å². The van der Waals surface area contributed by atoms with Crippen LogP contribution in [0, 0.1) is 0 Å². The number of hydrogen-bond donors (Lipinski definition) is 5. The lowest BCUT2D eigenvalue weighted by Crippen LogP contribution is -2.32. The molecule has 124 valence electrons. The third kappa shape index (κ3) is 6.28. The third-order valence-electron chi connectivity index (χ3n) is 3.57. The van der Waals surface area contributed by atoms with Crippen LogP contribution in [0.15, 0.2) is 48.5 Å². The Morgan fingerprint density at radius 2 is 0.957 bits per heavy atom. The molecule has 5 nitrogen and oxygen atoms in total. The van der Waals surface area contributed by atoms with E-state index in [1.165, 1.54) is 0 Å². The van der Waals surface area contributed by atoms with Crippen LogP contribution >= 0.6 is 0 Å². The van der Waals surface area contributed by atoms with Crippen molar-refractivity contribution in [2.75, 3.05) is 26.2 Å². The molecule has 0 saturated carbocycles. The molecule has 2 aromatic carbocycles. The maximum Gasteiger partial charge on any atom is 0.120 e. The molecule has 0 heterocycles. The average molecular weight is 315 g/mol. The van der Waals surface area contributed by atoms with Gasteiger partial charge in [0.05, 0.1) is 0 Å². The number of nitrogens with one attached hydrogen (secondary N) is 3. The molecular formula is C18H25N3O2. The molecule has 23 heavy (non-hydrogen) atoms. The fourth-order valence-electron chi connectivity index (χ4n) is 2.25. The van der Waals surface area contributed by atoms with E-state index in [4.69, 9.17) is 0 Å². The molecule has 0 aromatic heterocycles. The lowest BCUT2D eigenvalue weighted by Gasteiger charge is -2.09. The van der Waals surface area contributed by atoms with E-state index in [0.717, 1.165) is 37.3 Å². The number of phenols is 2. The molecule has 2 rings (SSSR count). The number of phenolic OH excluding ortho intramolecular Hbond substituents is 2. The summed E-state index contributed by atoms with van der Waals surface area (Å²) in [6.07, 6.45) is 0. The van der Waals surface area contributed by atoms with E-state index in [-0.39, 0.29) is 0 Å². The lowest BCUT2D eigenvalue weighted by molar-refractivity contribution is 0.463. The van der Waals surface area contributed by atoms with E-state index in [0.29, 0.717) is 24.6 Å². The quantitative estimate of drug-likeness (QED) is 0.430. The Kier molecular flexibility index (Phi) is 7.39. The Bertz CT molecular complexity index is 538. The van der Waals surface area contributed by atoms with Gasteiger partial charge in [0.1, 0.15) is 11.5 Å². The van der Waals surface area contributed by atoms with E-state index in [9.17, 15) is 10.2 Å². The van der Waals surface area contributed by atoms with Crippen LogP contribution in [0.2, 0.25) is 0 Å². The molecule has 0 aliphatic heterocycles. The molecule has 0 unspecified atom stereocenters. The van der Waals surface area contributed by atoms with Crippen LogP contribution in [0.1, 0.15) is 11.1 Å². The maximum absolute atomic E-state index is 9.64. The number of benzene rings is 2. The zero-order chi connectivity index (χ0) is 16.3. The highest BCUT2D eigenvalue weighted by Crippen LogP contribution is 2.15. The first-order chi connectivity index (χ1) is 11.3. The Labute approximate surface area is 137 Å². The number of hydrogen-bond acceptors (Lipinski definition) is 5. The topological polar surface area (TPSA) is 76.5 Å². The molecule has 0 aliphatic carbocycles. The van der Waals surface area contributed by atoms with Crippen molar-refractivity contribution >= 4 is 0 Å². The summed E-state index contributed by atoms with van der Waals surface area (Å²) in [5.41, 5.74) is 1.83. The lowest BCUT2D eigenvalue weighted by atomic mass is 10.2. The van der Waals surface area contributed by atoms with Crippen molar-refractivity contribution in [2.24, 2.45) is 0 Å². The van der Waals surface area contributed by atoms with Crippen molar-refractivity contribution in [3.05, 3.63) is 59.7 Å². The number of rotatable bonds is 10. The smallest absolute Gasteiger partial charge is 0.120 e. The van der Waals surface area contributed by atoms with Crippen LogP contribution in [0.5, 0.6) is 11.5 Å². The fourth-order valence-corrected chi connectivity index (χ4v) is 2.25. The monoisotopic (exact) mass is 315 g/mol. The van der Waals surface area contributed by atoms with E-state index >= 15 is 0 Å². The number of aromatic hydroxyl groups is 2. The highest BCUT2D eigenvalue weighted by atomic mass is 16.3. The second-order valence-electron chi connectivity index (χ2n) is 5.36. The molecule has 5 N–H and O–H groups in total. The minimum absolute atomic E-state index is 0.335. The normalized spacial score (nSPS) is 10.8. The SMILES string of the molecule is Oc1ccccc1CNCCNCCNCc1ccccc1O. The summed E-state index contributed by atoms with van der Waals surface area (Å²) in [7, 11) is 0. The van der Waals surface area contributed by atoms with Crippen molar-refractivity contribution in [1.29, 1.82) is 0 Å². The largest absolute Gasteiger partial charge is 0.508 e. The van der Waals surface area contributed by atoms with Gasteiger partial charge in [-0.15, -0.1) is 0 Å². The molecule has 0 amide bonds. The maximum atomic E-state index is 9.64. The van der Waals surface area contributed by atoms with Crippen LogP contribution in [0.4, 0.5) is 0 Å². The second kappa shape index (κ2) is 9.84. The summed E-state index contributed by atoms with van der Waals surface area (Å²) in [5.74, 6) is 0.669. The standard InChI is InChI=1S/C18H25N3O2/c22-17-7-3-1-5-15(17)13-20-11-9-19-10-12-21-14-16-6-2-4-8-18(16)23/h1-8,19-23H,9-14H2. The second-order valence-corrected chi connectivity index (χ2v) is 5.36. The zero-order valence-electron chi connectivity index (χ0n) is 13.3. The summed E-state index contributed by atoms with van der Waals surface area (Å²) in [6, 6.07) is 14.7. The van der Waals surface area contributed by atoms with Crippen molar-refractivity contribution in [3.8, 4) is 11.5 Å². The first-order valence-electron chi connectivity index (χ1n) is 7.93. The molecule has 0 fully saturated rings. The predicted octanol–water partition coefficient (Wildman–Crippen LogP) is 1.57. The van der Waals surface area contributed by atoms with Gasteiger partial charge >= 0.3 is 0 Å². The molecule has 0 aliphatic rings. The Balaban J connectivity index is 1.47. The highest BCUT2D eigenvalue weighted by molar-refractivity contribution is 5.32. The van der Waals surface area contributed by atoms with E-state index < -0.39 is 0 Å². The Morgan fingerprint density at radius 1 is 0.565 bits per heavy atom. The first-order valence-corrected chi connectivity index (χ1v) is 7.93. The molecule has 0 atom stereocenters. The zero-order valence-corrected chi connectivity index (χ0v) is 13.3. The van der Waals surface area contributed by atoms with Gasteiger partial charge in [-0.1, -0.05) is 36.4 Å². The molecule has 2 aromatic rings.